The molecule has 0 aromatic rings. The van der Waals surface area contributed by atoms with E-state index in [1.165, 1.54) is 44.9 Å². The summed E-state index contributed by atoms with van der Waals surface area (Å²) in [4.78, 5) is 20.7. The number of hydrogen-bond donors (Lipinski definition) is 2. The number of rotatable bonds is 16. The lowest BCUT2D eigenvalue weighted by Gasteiger charge is -2.29. The molecule has 0 aromatic carbocycles. The molecule has 146 valence electrons. The molecule has 0 amide bonds. The quantitative estimate of drug-likeness (QED) is 0.318. The van der Waals surface area contributed by atoms with Crippen LogP contribution in [0.5, 0.6) is 0 Å². The van der Waals surface area contributed by atoms with Gasteiger partial charge in [-0.15, -0.1) is 0 Å². The first-order valence-corrected chi connectivity index (χ1v) is 10.9. The second kappa shape index (κ2) is 14.2. The van der Waals surface area contributed by atoms with Crippen LogP contribution in [-0.2, 0) is 9.09 Å². The van der Waals surface area contributed by atoms with Crippen LogP contribution in [-0.4, -0.2) is 23.9 Å². The Labute approximate surface area is 147 Å². The second-order valence-electron chi connectivity index (χ2n) is 7.22. The van der Waals surface area contributed by atoms with Crippen LogP contribution >= 0.6 is 7.82 Å². The molecule has 0 aliphatic heterocycles. The molecule has 0 aliphatic rings. The largest absolute Gasteiger partial charge is 0.790 e. The minimum Gasteiger partial charge on any atom is -0.790 e. The number of quaternary nitrogens is 1. The molecule has 0 aliphatic carbocycles. The van der Waals surface area contributed by atoms with E-state index in [4.69, 9.17) is 0 Å². The molecule has 0 heterocycles. The molecule has 6 nitrogen and oxygen atoms in total. The van der Waals surface area contributed by atoms with Gasteiger partial charge in [0.2, 0.25) is 0 Å². The Kier molecular flexibility index (Phi) is 14.2. The monoisotopic (exact) mass is 366 g/mol. The van der Waals surface area contributed by atoms with Gasteiger partial charge in [-0.1, -0.05) is 78.1 Å². The van der Waals surface area contributed by atoms with E-state index in [2.05, 4.69) is 24.1 Å². The van der Waals surface area contributed by atoms with Crippen LogP contribution in [0.2, 0.25) is 0 Å². The number of hydrogen-bond acceptors (Lipinski definition) is 5. The molecule has 7 heteroatoms. The maximum atomic E-state index is 10.4. The zero-order valence-corrected chi connectivity index (χ0v) is 16.3. The first-order valence-electron chi connectivity index (χ1n) is 9.40. The first-order chi connectivity index (χ1) is 11.2. The topological polar surface area (TPSA) is 120 Å². The van der Waals surface area contributed by atoms with Gasteiger partial charge in [-0.05, 0) is 12.3 Å². The van der Waals surface area contributed by atoms with Gasteiger partial charge < -0.3 is 29.7 Å². The van der Waals surface area contributed by atoms with Crippen LogP contribution < -0.4 is 15.5 Å². The molecular weight excluding hydrogens is 329 g/mol. The first kappa shape index (κ1) is 24.0. The molecule has 0 spiro atoms. The summed E-state index contributed by atoms with van der Waals surface area (Å²) in [7, 11) is -4.97. The number of phosphoric acid groups is 1. The standard InChI is InChI=1S/C17H38NO5P/c1-15(2)12-10-8-6-4-3-5-7-9-11-13-17(19)16(18)14-23-24(20,21)22/h15-17,19H,3-14,18H2,1-2H3,(H2,20,21,22)/p-1/t16-,17+/m0/s1. The highest BCUT2D eigenvalue weighted by molar-refractivity contribution is 7.43. The van der Waals surface area contributed by atoms with Gasteiger partial charge >= 0.3 is 0 Å². The Hall–Kier alpha value is 0.0300. The van der Waals surface area contributed by atoms with Gasteiger partial charge in [0, 0.05) is 0 Å². The smallest absolute Gasteiger partial charge is 0.135 e. The van der Waals surface area contributed by atoms with Crippen LogP contribution in [0.1, 0.15) is 84.5 Å². The van der Waals surface area contributed by atoms with Crippen molar-refractivity contribution in [2.45, 2.75) is 96.6 Å². The fourth-order valence-corrected chi connectivity index (χ4v) is 3.05. The van der Waals surface area contributed by atoms with E-state index >= 15 is 0 Å². The third-order valence-corrected chi connectivity index (χ3v) is 4.74. The average molecular weight is 366 g/mol. The zero-order valence-electron chi connectivity index (χ0n) is 15.5. The van der Waals surface area contributed by atoms with Crippen molar-refractivity contribution in [3.05, 3.63) is 0 Å². The molecule has 0 bridgehead atoms. The predicted molar refractivity (Wildman–Crippen MR) is 91.9 cm³/mol. The molecule has 0 aromatic heterocycles. The molecule has 24 heavy (non-hydrogen) atoms. The molecule has 0 saturated carbocycles. The van der Waals surface area contributed by atoms with E-state index in [9.17, 15) is 19.5 Å². The van der Waals surface area contributed by atoms with Gasteiger partial charge in [0.05, 0.1) is 7.82 Å². The van der Waals surface area contributed by atoms with Crippen molar-refractivity contribution in [3.8, 4) is 0 Å². The Bertz CT molecular complexity index is 335. The van der Waals surface area contributed by atoms with E-state index in [0.29, 0.717) is 6.42 Å². The summed E-state index contributed by atoms with van der Waals surface area (Å²) >= 11 is 0. The lowest BCUT2D eigenvalue weighted by molar-refractivity contribution is -0.446. The van der Waals surface area contributed by atoms with Crippen molar-refractivity contribution < 1.29 is 29.7 Å². The molecule has 4 N–H and O–H groups in total. The van der Waals surface area contributed by atoms with Crippen LogP contribution in [0.4, 0.5) is 0 Å². The Morgan fingerprint density at radius 1 is 0.917 bits per heavy atom. The summed E-state index contributed by atoms with van der Waals surface area (Å²) in [5, 5.41) is 9.84. The number of unbranched alkanes of at least 4 members (excludes halogenated alkanes) is 8. The zero-order chi connectivity index (χ0) is 18.4. The summed E-state index contributed by atoms with van der Waals surface area (Å²) < 4.78 is 14.5. The van der Waals surface area contributed by atoms with E-state index in [0.717, 1.165) is 25.2 Å². The van der Waals surface area contributed by atoms with Crippen LogP contribution in [0.3, 0.4) is 0 Å². The summed E-state index contributed by atoms with van der Waals surface area (Å²) in [6, 6.07) is -0.591. The van der Waals surface area contributed by atoms with Crippen molar-refractivity contribution in [1.29, 1.82) is 0 Å². The molecule has 0 radical (unpaired) electrons. The predicted octanol–water partition coefficient (Wildman–Crippen LogP) is 1.75. The maximum Gasteiger partial charge on any atom is 0.135 e. The van der Waals surface area contributed by atoms with Crippen molar-refractivity contribution in [3.63, 3.8) is 0 Å². The summed E-state index contributed by atoms with van der Waals surface area (Å²) in [6.45, 7) is 4.20. The van der Waals surface area contributed by atoms with Gasteiger partial charge in [-0.2, -0.15) is 0 Å². The van der Waals surface area contributed by atoms with Gasteiger partial charge in [-0.3, -0.25) is 0 Å². The van der Waals surface area contributed by atoms with Crippen LogP contribution in [0.15, 0.2) is 0 Å². The average Bonchev–Trinajstić information content (AvgIpc) is 2.48. The number of phosphoric ester groups is 1. The van der Waals surface area contributed by atoms with E-state index < -0.39 is 20.0 Å². The molecule has 0 saturated heterocycles. The minimum atomic E-state index is -4.97. The summed E-state index contributed by atoms with van der Waals surface area (Å²) in [5.74, 6) is 0.815. The third kappa shape index (κ3) is 16.9. The van der Waals surface area contributed by atoms with Crippen molar-refractivity contribution in [2.75, 3.05) is 6.61 Å². The van der Waals surface area contributed by atoms with Gasteiger partial charge in [0.25, 0.3) is 0 Å². The van der Waals surface area contributed by atoms with Crippen molar-refractivity contribution >= 4 is 7.82 Å². The Morgan fingerprint density at radius 2 is 1.33 bits per heavy atom. The number of aliphatic hydroxyl groups is 1. The molecule has 0 unspecified atom stereocenters. The van der Waals surface area contributed by atoms with E-state index in [-0.39, 0.29) is 6.61 Å². The molecule has 0 fully saturated rings. The highest BCUT2D eigenvalue weighted by Gasteiger charge is 2.18. The van der Waals surface area contributed by atoms with Crippen LogP contribution in [0.25, 0.3) is 0 Å². The lowest BCUT2D eigenvalue weighted by Crippen LogP contribution is -2.68. The van der Waals surface area contributed by atoms with Crippen molar-refractivity contribution in [2.24, 2.45) is 5.92 Å². The lowest BCUT2D eigenvalue weighted by atomic mass is 10.0. The second-order valence-corrected chi connectivity index (χ2v) is 8.38. The fourth-order valence-electron chi connectivity index (χ4n) is 2.68. The Morgan fingerprint density at radius 3 is 1.75 bits per heavy atom. The van der Waals surface area contributed by atoms with Crippen LogP contribution in [0, 0.1) is 5.92 Å². The van der Waals surface area contributed by atoms with E-state index in [1.54, 1.807) is 0 Å². The van der Waals surface area contributed by atoms with Gasteiger partial charge in [0.15, 0.2) is 0 Å². The van der Waals surface area contributed by atoms with Gasteiger partial charge in [0.1, 0.15) is 18.8 Å². The fraction of sp³-hybridized carbons (Fsp3) is 1.00. The highest BCUT2D eigenvalue weighted by atomic mass is 31.2. The molecule has 2 atom stereocenters. The molecular formula is C17H37NO5P-. The molecule has 0 rings (SSSR count). The summed E-state index contributed by atoms with van der Waals surface area (Å²) in [6.07, 6.45) is 12.1. The minimum absolute atomic E-state index is 0.345. The number of aliphatic hydroxyl groups excluding tert-OH is 1. The third-order valence-electron chi connectivity index (χ3n) is 4.27. The van der Waals surface area contributed by atoms with Gasteiger partial charge in [-0.25, -0.2) is 0 Å². The maximum absolute atomic E-state index is 10.4. The SMILES string of the molecule is CC(C)CCCCCCCCCCC[C@@H](O)[C@@H]([NH3+])COP(=O)([O-])[O-]. The van der Waals surface area contributed by atoms with E-state index in [1.807, 2.05) is 0 Å². The summed E-state index contributed by atoms with van der Waals surface area (Å²) in [5.41, 5.74) is 3.64. The highest BCUT2D eigenvalue weighted by Crippen LogP contribution is 2.24. The normalized spacial score (nSPS) is 15.0. The van der Waals surface area contributed by atoms with Crippen molar-refractivity contribution in [1.82, 2.24) is 0 Å². The Balaban J connectivity index is 3.38.